The summed E-state index contributed by atoms with van der Waals surface area (Å²) in [6, 6.07) is 5.60. The lowest BCUT2D eigenvalue weighted by Gasteiger charge is -2.14. The molecular formula is C28H35BrF4N6O4. The van der Waals surface area contributed by atoms with E-state index in [1.807, 2.05) is 0 Å². The Labute approximate surface area is 254 Å². The van der Waals surface area contributed by atoms with Crippen molar-refractivity contribution in [1.29, 1.82) is 0 Å². The van der Waals surface area contributed by atoms with Gasteiger partial charge in [0.15, 0.2) is 0 Å². The molecule has 0 saturated carbocycles. The standard InChI is InChI=1S/C14H17F2N3O2.C8H5F2N3O2.C6H13Br/c1-3-9(4-2)8-19-6-5-10(7-11(19)20)13-17-18-14(21-13)12(15)16;9-6(10)8-13-12-7(15-8)4-1-2-11-5(14)3-4;1-3-6(4-2)5-7/h5-7,9,12H,3-4,8H2,1-2H3;1-3,6H,(H,11,14);6H,3-5H2,1-2H3. The topological polar surface area (TPSA) is 133 Å². The molecule has 0 aliphatic heterocycles. The molecular weight excluding hydrogens is 640 g/mol. The van der Waals surface area contributed by atoms with E-state index in [1.54, 1.807) is 16.8 Å². The SMILES string of the molecule is CCC(CC)CBr.CCC(CC)Cn1ccc(-c2nnc(C(F)F)o2)cc1=O.O=c1cc(-c2nnc(C(F)F)o2)cc[nH]1. The zero-order valence-corrected chi connectivity index (χ0v) is 25.9. The number of halogens is 5. The van der Waals surface area contributed by atoms with Crippen molar-refractivity contribution in [3.63, 3.8) is 0 Å². The van der Waals surface area contributed by atoms with E-state index in [4.69, 9.17) is 4.42 Å². The number of alkyl halides is 5. The van der Waals surface area contributed by atoms with Crippen LogP contribution in [0.3, 0.4) is 0 Å². The summed E-state index contributed by atoms with van der Waals surface area (Å²) < 4.78 is 60.1. The lowest BCUT2D eigenvalue weighted by Crippen LogP contribution is -2.22. The van der Waals surface area contributed by atoms with Gasteiger partial charge in [0.05, 0.1) is 0 Å². The molecule has 4 aromatic heterocycles. The molecule has 0 unspecified atom stereocenters. The van der Waals surface area contributed by atoms with Crippen molar-refractivity contribution < 1.29 is 26.4 Å². The molecule has 0 aliphatic carbocycles. The number of hydrogen-bond acceptors (Lipinski definition) is 8. The summed E-state index contributed by atoms with van der Waals surface area (Å²) in [7, 11) is 0. The molecule has 0 aliphatic rings. The third-order valence-corrected chi connectivity index (χ3v) is 7.42. The van der Waals surface area contributed by atoms with Gasteiger partial charge >= 0.3 is 12.9 Å². The zero-order chi connectivity index (χ0) is 31.9. The summed E-state index contributed by atoms with van der Waals surface area (Å²) >= 11 is 3.44. The molecule has 0 bridgehead atoms. The second-order valence-electron chi connectivity index (χ2n) is 9.36. The van der Waals surface area contributed by atoms with Crippen LogP contribution in [0, 0.1) is 11.8 Å². The van der Waals surface area contributed by atoms with Gasteiger partial charge in [-0.2, -0.15) is 17.6 Å². The minimum atomic E-state index is -2.82. The van der Waals surface area contributed by atoms with Gasteiger partial charge in [-0.1, -0.05) is 69.3 Å². The van der Waals surface area contributed by atoms with Gasteiger partial charge in [-0.25, -0.2) is 0 Å². The fraction of sp³-hybridized carbons (Fsp3) is 0.500. The minimum Gasteiger partial charge on any atom is -0.415 e. The lowest BCUT2D eigenvalue weighted by molar-refractivity contribution is 0.115. The number of nitrogens with one attached hydrogen (secondary N) is 1. The Kier molecular flexibility index (Phi) is 15.0. The summed E-state index contributed by atoms with van der Waals surface area (Å²) in [6.45, 7) is 9.26. The third kappa shape index (κ3) is 11.2. The van der Waals surface area contributed by atoms with Crippen LogP contribution in [0.2, 0.25) is 0 Å². The maximum absolute atomic E-state index is 12.4. The highest BCUT2D eigenvalue weighted by Crippen LogP contribution is 2.23. The molecule has 4 aromatic rings. The van der Waals surface area contributed by atoms with Crippen LogP contribution in [-0.4, -0.2) is 35.3 Å². The van der Waals surface area contributed by atoms with Crippen LogP contribution < -0.4 is 11.1 Å². The summed E-state index contributed by atoms with van der Waals surface area (Å²) in [5.41, 5.74) is 0.0684. The van der Waals surface area contributed by atoms with Crippen LogP contribution in [0.1, 0.15) is 78.0 Å². The summed E-state index contributed by atoms with van der Waals surface area (Å²) in [6.07, 6.45) is 1.96. The molecule has 0 saturated heterocycles. The molecule has 0 radical (unpaired) electrons. The Hall–Kier alpha value is -3.62. The van der Waals surface area contributed by atoms with Gasteiger partial charge in [0.1, 0.15) is 0 Å². The van der Waals surface area contributed by atoms with E-state index in [1.165, 1.54) is 42.6 Å². The Morgan fingerprint density at radius 1 is 0.791 bits per heavy atom. The van der Waals surface area contributed by atoms with Crippen LogP contribution in [0.25, 0.3) is 22.9 Å². The highest BCUT2D eigenvalue weighted by molar-refractivity contribution is 9.09. The van der Waals surface area contributed by atoms with E-state index >= 15 is 0 Å². The molecule has 0 aromatic carbocycles. The highest BCUT2D eigenvalue weighted by Gasteiger charge is 2.18. The Balaban J connectivity index is 0.000000255. The van der Waals surface area contributed by atoms with Gasteiger partial charge in [0.25, 0.3) is 17.3 Å². The Bertz CT molecular complexity index is 1480. The first kappa shape index (κ1) is 35.6. The maximum Gasteiger partial charge on any atom is 0.314 e. The smallest absolute Gasteiger partial charge is 0.314 e. The predicted molar refractivity (Wildman–Crippen MR) is 156 cm³/mol. The first-order valence-corrected chi connectivity index (χ1v) is 14.9. The quantitative estimate of drug-likeness (QED) is 0.128. The number of rotatable bonds is 11. The van der Waals surface area contributed by atoms with Crippen LogP contribution in [-0.2, 0) is 6.54 Å². The molecule has 10 nitrogen and oxygen atoms in total. The number of pyridine rings is 2. The summed E-state index contributed by atoms with van der Waals surface area (Å²) in [5.74, 6) is -0.340. The molecule has 0 atom stereocenters. The second kappa shape index (κ2) is 18.1. The normalized spacial score (nSPS) is 11.1. The van der Waals surface area contributed by atoms with Crippen molar-refractivity contribution in [2.75, 3.05) is 5.33 Å². The molecule has 15 heteroatoms. The van der Waals surface area contributed by atoms with Gasteiger partial charge in [-0.15, -0.1) is 20.4 Å². The monoisotopic (exact) mass is 674 g/mol. The zero-order valence-electron chi connectivity index (χ0n) is 24.3. The van der Waals surface area contributed by atoms with E-state index in [2.05, 4.69) is 73.4 Å². The van der Waals surface area contributed by atoms with Crippen molar-refractivity contribution in [2.45, 2.75) is 72.8 Å². The molecule has 0 fully saturated rings. The van der Waals surface area contributed by atoms with Gasteiger partial charge in [-0.05, 0) is 24.0 Å². The average Bonchev–Trinajstić information content (AvgIpc) is 3.70. The second-order valence-corrected chi connectivity index (χ2v) is 10.0. The molecule has 1 N–H and O–H groups in total. The van der Waals surface area contributed by atoms with E-state index in [0.29, 0.717) is 23.6 Å². The first-order chi connectivity index (χ1) is 20.6. The van der Waals surface area contributed by atoms with Gasteiger partial charge in [0, 0.05) is 47.5 Å². The van der Waals surface area contributed by atoms with E-state index in [0.717, 1.165) is 18.8 Å². The number of aromatic nitrogens is 6. The van der Waals surface area contributed by atoms with Gasteiger partial charge < -0.3 is 18.4 Å². The van der Waals surface area contributed by atoms with E-state index < -0.39 is 24.6 Å². The summed E-state index contributed by atoms with van der Waals surface area (Å²) in [4.78, 5) is 25.3. The number of nitrogens with zero attached hydrogens (tertiary/aromatic N) is 5. The van der Waals surface area contributed by atoms with Crippen LogP contribution in [0.15, 0.2) is 55.1 Å². The van der Waals surface area contributed by atoms with Crippen LogP contribution in [0.4, 0.5) is 17.6 Å². The number of hydrogen-bond donors (Lipinski definition) is 1. The minimum absolute atomic E-state index is 0.0721. The van der Waals surface area contributed by atoms with Crippen molar-refractivity contribution in [2.24, 2.45) is 11.8 Å². The molecule has 0 amide bonds. The van der Waals surface area contributed by atoms with E-state index in [9.17, 15) is 27.2 Å². The lowest BCUT2D eigenvalue weighted by atomic mass is 10.0. The Morgan fingerprint density at radius 2 is 1.30 bits per heavy atom. The third-order valence-electron chi connectivity index (χ3n) is 6.50. The molecule has 4 heterocycles. The first-order valence-electron chi connectivity index (χ1n) is 13.7. The molecule has 236 valence electrons. The molecule has 0 spiro atoms. The molecule has 43 heavy (non-hydrogen) atoms. The van der Waals surface area contributed by atoms with Crippen LogP contribution >= 0.6 is 15.9 Å². The Morgan fingerprint density at radius 3 is 1.67 bits per heavy atom. The van der Waals surface area contributed by atoms with E-state index in [-0.39, 0.29) is 22.9 Å². The van der Waals surface area contributed by atoms with Crippen molar-refractivity contribution in [3.05, 3.63) is 69.1 Å². The van der Waals surface area contributed by atoms with Crippen LogP contribution in [0.5, 0.6) is 0 Å². The highest BCUT2D eigenvalue weighted by atomic mass is 79.9. The maximum atomic E-state index is 12.4. The van der Waals surface area contributed by atoms with Crippen molar-refractivity contribution in [3.8, 4) is 22.9 Å². The fourth-order valence-corrected chi connectivity index (χ4v) is 4.50. The molecule has 4 rings (SSSR count). The number of aromatic amines is 1. The van der Waals surface area contributed by atoms with Gasteiger partial charge in [0.2, 0.25) is 17.3 Å². The van der Waals surface area contributed by atoms with Gasteiger partial charge in [-0.3, -0.25) is 9.59 Å². The average molecular weight is 676 g/mol. The largest absolute Gasteiger partial charge is 0.415 e. The van der Waals surface area contributed by atoms with Crippen molar-refractivity contribution in [1.82, 2.24) is 29.9 Å². The number of H-pyrrole nitrogens is 1. The fourth-order valence-electron chi connectivity index (χ4n) is 3.58. The van der Waals surface area contributed by atoms with Crippen molar-refractivity contribution >= 4 is 15.9 Å². The summed E-state index contributed by atoms with van der Waals surface area (Å²) in [5, 5.41) is 14.5. The predicted octanol–water partition coefficient (Wildman–Crippen LogP) is 7.45.